The van der Waals surface area contributed by atoms with Gasteiger partial charge in [-0.3, -0.25) is 19.0 Å². The number of nitrogens with zero attached hydrogens (tertiary/aromatic N) is 3. The van der Waals surface area contributed by atoms with Crippen molar-refractivity contribution in [3.63, 3.8) is 0 Å². The third-order valence-electron chi connectivity index (χ3n) is 7.59. The summed E-state index contributed by atoms with van der Waals surface area (Å²) in [4.78, 5) is 43.6. The monoisotopic (exact) mass is 580 g/mol. The summed E-state index contributed by atoms with van der Waals surface area (Å²) >= 11 is 0. The van der Waals surface area contributed by atoms with Gasteiger partial charge in [-0.2, -0.15) is 0 Å². The maximum atomic E-state index is 13.9. The van der Waals surface area contributed by atoms with Gasteiger partial charge in [0.05, 0.1) is 24.3 Å². The molecular formula is C33H33FN6O3. The van der Waals surface area contributed by atoms with Crippen molar-refractivity contribution >= 4 is 28.4 Å². The second-order valence-corrected chi connectivity index (χ2v) is 10.5. The van der Waals surface area contributed by atoms with Gasteiger partial charge in [0.2, 0.25) is 5.91 Å². The predicted octanol–water partition coefficient (Wildman–Crippen LogP) is 4.56. The molecule has 0 bridgehead atoms. The maximum absolute atomic E-state index is 13.9. The van der Waals surface area contributed by atoms with E-state index in [1.165, 1.54) is 22.9 Å². The minimum absolute atomic E-state index is 0.0427. The first-order valence-corrected chi connectivity index (χ1v) is 13.9. The van der Waals surface area contributed by atoms with Gasteiger partial charge in [-0.15, -0.1) is 0 Å². The van der Waals surface area contributed by atoms with Crippen LogP contribution in [0.2, 0.25) is 0 Å². The number of amides is 2. The fourth-order valence-electron chi connectivity index (χ4n) is 5.03. The van der Waals surface area contributed by atoms with Gasteiger partial charge in [-0.25, -0.2) is 9.37 Å². The number of aromatic nitrogens is 3. The molecule has 2 aromatic heterocycles. The zero-order valence-corrected chi connectivity index (χ0v) is 24.7. The van der Waals surface area contributed by atoms with Crippen LogP contribution in [-0.2, 0) is 11.3 Å². The molecule has 0 aliphatic rings. The van der Waals surface area contributed by atoms with E-state index in [1.807, 2.05) is 54.9 Å². The number of nitrogens with one attached hydrogen (secondary N) is 3. The lowest BCUT2D eigenvalue weighted by Crippen LogP contribution is -2.38. The number of hydrogen-bond acceptors (Lipinski definition) is 5. The van der Waals surface area contributed by atoms with E-state index in [1.54, 1.807) is 39.2 Å². The van der Waals surface area contributed by atoms with Crippen LogP contribution in [0.25, 0.3) is 28.0 Å². The molecule has 5 aromatic rings. The Bertz CT molecular complexity index is 1930. The molecule has 0 aliphatic heterocycles. The van der Waals surface area contributed by atoms with Crippen molar-refractivity contribution in [3.05, 3.63) is 111 Å². The molecule has 43 heavy (non-hydrogen) atoms. The maximum Gasteiger partial charge on any atom is 0.277 e. The molecule has 0 radical (unpaired) electrons. The largest absolute Gasteiger partial charge is 0.355 e. The van der Waals surface area contributed by atoms with Crippen LogP contribution < -0.4 is 21.5 Å². The van der Waals surface area contributed by atoms with E-state index in [2.05, 4.69) is 20.9 Å². The van der Waals surface area contributed by atoms with Crippen molar-refractivity contribution in [1.29, 1.82) is 0 Å². The standard InChI is InChI=1S/C33H33FN6O3/c1-19-9-10-23(32(42)36-5)14-27(19)30-37-16-28(38-31(41)21(3)35-4)33(43)40(30)18-22-7-6-8-25(13-22)39-17-20(2)26-15-24(34)11-12-29(26)39/h6-17,21,35H,18H2,1-5H3,(H,36,42)(H,38,41). The van der Waals surface area contributed by atoms with Crippen molar-refractivity contribution < 1.29 is 14.0 Å². The van der Waals surface area contributed by atoms with Gasteiger partial charge in [0, 0.05) is 35.4 Å². The Hall–Kier alpha value is -5.09. The predicted molar refractivity (Wildman–Crippen MR) is 166 cm³/mol. The van der Waals surface area contributed by atoms with Gasteiger partial charge < -0.3 is 20.5 Å². The van der Waals surface area contributed by atoms with Gasteiger partial charge in [0.1, 0.15) is 17.3 Å². The number of aryl methyl sites for hydroxylation is 2. The number of halogens is 1. The lowest BCUT2D eigenvalue weighted by molar-refractivity contribution is -0.117. The molecule has 5 rings (SSSR count). The molecule has 10 heteroatoms. The molecule has 1 unspecified atom stereocenters. The average molecular weight is 581 g/mol. The van der Waals surface area contributed by atoms with E-state index in [9.17, 15) is 18.8 Å². The summed E-state index contributed by atoms with van der Waals surface area (Å²) < 4.78 is 17.4. The molecular weight excluding hydrogens is 547 g/mol. The number of carbonyl (C=O) groups excluding carboxylic acids is 2. The molecule has 0 saturated heterocycles. The highest BCUT2D eigenvalue weighted by atomic mass is 19.1. The molecule has 0 fully saturated rings. The van der Waals surface area contributed by atoms with Crippen molar-refractivity contribution in [2.24, 2.45) is 0 Å². The summed E-state index contributed by atoms with van der Waals surface area (Å²) in [5.41, 5.74) is 4.92. The highest BCUT2D eigenvalue weighted by Crippen LogP contribution is 2.27. The lowest BCUT2D eigenvalue weighted by Gasteiger charge is -2.18. The van der Waals surface area contributed by atoms with Crippen LogP contribution in [0, 0.1) is 19.7 Å². The SMILES string of the molecule is CNC(=O)c1ccc(C)c(-c2ncc(NC(=O)C(C)NC)c(=O)n2Cc2cccc(-n3cc(C)c4cc(F)ccc43)c2)c1. The average Bonchev–Trinajstić information content (AvgIpc) is 3.34. The Morgan fingerprint density at radius 3 is 2.53 bits per heavy atom. The van der Waals surface area contributed by atoms with E-state index in [-0.39, 0.29) is 29.9 Å². The van der Waals surface area contributed by atoms with E-state index in [0.717, 1.165) is 33.3 Å². The molecule has 2 amide bonds. The Balaban J connectivity index is 1.63. The molecule has 0 spiro atoms. The summed E-state index contributed by atoms with van der Waals surface area (Å²) in [7, 11) is 3.21. The number of hydrogen-bond donors (Lipinski definition) is 3. The summed E-state index contributed by atoms with van der Waals surface area (Å²) in [6.45, 7) is 5.64. The first kappa shape index (κ1) is 29.4. The smallest absolute Gasteiger partial charge is 0.277 e. The number of benzene rings is 3. The van der Waals surface area contributed by atoms with E-state index in [0.29, 0.717) is 17.0 Å². The zero-order valence-electron chi connectivity index (χ0n) is 24.7. The number of anilines is 1. The van der Waals surface area contributed by atoms with Crippen LogP contribution in [0.3, 0.4) is 0 Å². The van der Waals surface area contributed by atoms with E-state index >= 15 is 0 Å². The molecule has 0 aliphatic carbocycles. The first-order chi connectivity index (χ1) is 20.6. The number of rotatable bonds is 8. The van der Waals surface area contributed by atoms with Gasteiger partial charge >= 0.3 is 0 Å². The first-order valence-electron chi connectivity index (χ1n) is 13.9. The number of likely N-dealkylation sites (N-methyl/N-ethyl adjacent to an activating group) is 1. The Labute approximate surface area is 248 Å². The van der Waals surface area contributed by atoms with E-state index in [4.69, 9.17) is 0 Å². The molecule has 220 valence electrons. The minimum atomic E-state index is -0.524. The molecule has 0 saturated carbocycles. The van der Waals surface area contributed by atoms with Crippen LogP contribution in [0.1, 0.15) is 34.0 Å². The van der Waals surface area contributed by atoms with Gasteiger partial charge in [-0.1, -0.05) is 18.2 Å². The molecule has 3 aromatic carbocycles. The Morgan fingerprint density at radius 1 is 1.00 bits per heavy atom. The quantitative estimate of drug-likeness (QED) is 0.249. The summed E-state index contributed by atoms with van der Waals surface area (Å²) in [5.74, 6) is -0.571. The highest BCUT2D eigenvalue weighted by molar-refractivity contribution is 5.96. The second kappa shape index (κ2) is 12.0. The molecule has 2 heterocycles. The van der Waals surface area contributed by atoms with Gasteiger partial charge in [0.15, 0.2) is 0 Å². The van der Waals surface area contributed by atoms with Crippen molar-refractivity contribution in [2.45, 2.75) is 33.4 Å². The number of fused-ring (bicyclic) bond motifs is 1. The fourth-order valence-corrected chi connectivity index (χ4v) is 5.03. The minimum Gasteiger partial charge on any atom is -0.355 e. The highest BCUT2D eigenvalue weighted by Gasteiger charge is 2.19. The molecule has 9 nitrogen and oxygen atoms in total. The third-order valence-corrected chi connectivity index (χ3v) is 7.59. The van der Waals surface area contributed by atoms with Crippen LogP contribution >= 0.6 is 0 Å². The second-order valence-electron chi connectivity index (χ2n) is 10.5. The van der Waals surface area contributed by atoms with E-state index < -0.39 is 11.6 Å². The molecule has 3 N–H and O–H groups in total. The van der Waals surface area contributed by atoms with Crippen LogP contribution in [0.5, 0.6) is 0 Å². The lowest BCUT2D eigenvalue weighted by atomic mass is 10.0. The number of carbonyl (C=O) groups is 2. The fraction of sp³-hybridized carbons (Fsp3) is 0.212. The van der Waals surface area contributed by atoms with Crippen LogP contribution in [-0.4, -0.2) is 46.1 Å². The topological polar surface area (TPSA) is 110 Å². The molecule has 1 atom stereocenters. The van der Waals surface area contributed by atoms with Gasteiger partial charge in [0.25, 0.3) is 11.5 Å². The Kier molecular flexibility index (Phi) is 8.22. The zero-order chi connectivity index (χ0) is 30.8. The van der Waals surface area contributed by atoms with Crippen molar-refractivity contribution in [1.82, 2.24) is 24.8 Å². The Morgan fingerprint density at radius 2 is 1.79 bits per heavy atom. The van der Waals surface area contributed by atoms with Crippen molar-refractivity contribution in [2.75, 3.05) is 19.4 Å². The van der Waals surface area contributed by atoms with Crippen molar-refractivity contribution in [3.8, 4) is 17.1 Å². The summed E-state index contributed by atoms with van der Waals surface area (Å²) in [5, 5.41) is 9.00. The third kappa shape index (κ3) is 5.82. The van der Waals surface area contributed by atoms with Gasteiger partial charge in [-0.05, 0) is 87.0 Å². The summed E-state index contributed by atoms with van der Waals surface area (Å²) in [6.07, 6.45) is 3.31. The normalized spacial score (nSPS) is 11.9. The van der Waals surface area contributed by atoms with Crippen LogP contribution in [0.15, 0.2) is 77.9 Å². The summed E-state index contributed by atoms with van der Waals surface area (Å²) in [6, 6.07) is 17.1. The van der Waals surface area contributed by atoms with Crippen LogP contribution in [0.4, 0.5) is 10.1 Å².